The summed E-state index contributed by atoms with van der Waals surface area (Å²) in [7, 11) is 3.15. The van der Waals surface area contributed by atoms with E-state index in [0.29, 0.717) is 27.2 Å². The monoisotopic (exact) mass is 329 g/mol. The van der Waals surface area contributed by atoms with Crippen LogP contribution in [0.15, 0.2) is 40.1 Å². The highest BCUT2D eigenvalue weighted by atomic mass is 35.5. The van der Waals surface area contributed by atoms with E-state index in [-0.39, 0.29) is 0 Å². The summed E-state index contributed by atoms with van der Waals surface area (Å²) in [6.07, 6.45) is 0. The Kier molecular flexibility index (Phi) is 4.91. The number of anilines is 1. The third-order valence-electron chi connectivity index (χ3n) is 2.63. The fraction of sp³-hybridized carbons (Fsp3) is 0.143. The van der Waals surface area contributed by atoms with Gasteiger partial charge in [-0.3, -0.25) is 0 Å². The van der Waals surface area contributed by atoms with Crippen LogP contribution in [0.1, 0.15) is 0 Å². The third-order valence-corrected chi connectivity index (χ3v) is 4.44. The van der Waals surface area contributed by atoms with Crippen molar-refractivity contribution in [3.8, 4) is 11.5 Å². The van der Waals surface area contributed by atoms with Crippen LogP contribution in [0.3, 0.4) is 0 Å². The van der Waals surface area contributed by atoms with Crippen LogP contribution in [0.25, 0.3) is 0 Å². The van der Waals surface area contributed by atoms with E-state index in [1.165, 1.54) is 11.8 Å². The van der Waals surface area contributed by atoms with Gasteiger partial charge in [0.25, 0.3) is 0 Å². The predicted octanol–water partition coefficient (Wildman–Crippen LogP) is 4.74. The topological polar surface area (TPSA) is 44.5 Å². The summed E-state index contributed by atoms with van der Waals surface area (Å²) in [5, 5.41) is 1.24. The molecule has 0 fully saturated rings. The molecule has 0 radical (unpaired) electrons. The van der Waals surface area contributed by atoms with Crippen molar-refractivity contribution < 1.29 is 9.47 Å². The molecular formula is C14H13Cl2NO2S. The molecule has 0 spiro atoms. The smallest absolute Gasteiger partial charge is 0.162 e. The SMILES string of the molecule is COc1cc(N)c(Sc2cc(Cl)ccc2Cl)cc1OC. The molecule has 6 heteroatoms. The Morgan fingerprint density at radius 3 is 2.25 bits per heavy atom. The maximum atomic E-state index is 6.15. The summed E-state index contributed by atoms with van der Waals surface area (Å²) in [5.41, 5.74) is 6.61. The number of nitrogen functional groups attached to an aromatic ring is 1. The zero-order valence-electron chi connectivity index (χ0n) is 10.9. The van der Waals surface area contributed by atoms with Crippen molar-refractivity contribution in [3.05, 3.63) is 40.4 Å². The number of nitrogens with two attached hydrogens (primary N) is 1. The van der Waals surface area contributed by atoms with E-state index in [1.807, 2.05) is 6.07 Å². The van der Waals surface area contributed by atoms with Gasteiger partial charge in [-0.2, -0.15) is 0 Å². The predicted molar refractivity (Wildman–Crippen MR) is 84.5 cm³/mol. The van der Waals surface area contributed by atoms with E-state index in [0.717, 1.165) is 9.79 Å². The Morgan fingerprint density at radius 1 is 0.950 bits per heavy atom. The molecule has 20 heavy (non-hydrogen) atoms. The van der Waals surface area contributed by atoms with Crippen LogP contribution in [-0.4, -0.2) is 14.2 Å². The molecule has 0 aliphatic heterocycles. The van der Waals surface area contributed by atoms with E-state index < -0.39 is 0 Å². The van der Waals surface area contributed by atoms with E-state index in [9.17, 15) is 0 Å². The number of benzene rings is 2. The highest BCUT2D eigenvalue weighted by Crippen LogP contribution is 2.42. The minimum Gasteiger partial charge on any atom is -0.493 e. The minimum absolute atomic E-state index is 0.587. The second-order valence-corrected chi connectivity index (χ2v) is 5.85. The molecule has 0 saturated heterocycles. The van der Waals surface area contributed by atoms with Crippen LogP contribution in [-0.2, 0) is 0 Å². The van der Waals surface area contributed by atoms with E-state index in [2.05, 4.69) is 0 Å². The summed E-state index contributed by atoms with van der Waals surface area (Å²) < 4.78 is 10.5. The molecule has 0 aliphatic rings. The van der Waals surface area contributed by atoms with Crippen LogP contribution in [0, 0.1) is 0 Å². The second kappa shape index (κ2) is 6.48. The Hall–Kier alpha value is -1.23. The van der Waals surface area contributed by atoms with Gasteiger partial charge in [-0.1, -0.05) is 35.0 Å². The van der Waals surface area contributed by atoms with Crippen molar-refractivity contribution in [1.29, 1.82) is 0 Å². The molecule has 2 N–H and O–H groups in total. The number of ether oxygens (including phenoxy) is 2. The highest BCUT2D eigenvalue weighted by Gasteiger charge is 2.12. The van der Waals surface area contributed by atoms with Crippen molar-refractivity contribution in [1.82, 2.24) is 0 Å². The van der Waals surface area contributed by atoms with Gasteiger partial charge in [-0.05, 0) is 24.3 Å². The van der Waals surface area contributed by atoms with Gasteiger partial charge in [0.15, 0.2) is 11.5 Å². The fourth-order valence-corrected chi connectivity index (χ4v) is 3.04. The van der Waals surface area contributed by atoms with Crippen LogP contribution in [0.5, 0.6) is 11.5 Å². The standard InChI is InChI=1S/C14H13Cl2NO2S/c1-18-11-6-10(17)14(7-12(11)19-2)20-13-5-8(15)3-4-9(13)16/h3-7H,17H2,1-2H3. The molecular weight excluding hydrogens is 317 g/mol. The van der Waals surface area contributed by atoms with Gasteiger partial charge in [0.1, 0.15) is 0 Å². The molecule has 0 aromatic heterocycles. The Bertz CT molecular complexity index is 635. The van der Waals surface area contributed by atoms with Gasteiger partial charge in [0.05, 0.1) is 19.2 Å². The third kappa shape index (κ3) is 3.26. The number of hydrogen-bond donors (Lipinski definition) is 1. The van der Waals surface area contributed by atoms with E-state index >= 15 is 0 Å². The average molecular weight is 330 g/mol. The van der Waals surface area contributed by atoms with Crippen LogP contribution in [0.2, 0.25) is 10.0 Å². The molecule has 2 aromatic rings. The van der Waals surface area contributed by atoms with Gasteiger partial charge in [0, 0.05) is 26.6 Å². The minimum atomic E-state index is 0.587. The van der Waals surface area contributed by atoms with Crippen LogP contribution >= 0.6 is 35.0 Å². The fourth-order valence-electron chi connectivity index (χ4n) is 1.64. The first-order chi connectivity index (χ1) is 9.55. The summed E-state index contributed by atoms with van der Waals surface area (Å²) in [4.78, 5) is 1.66. The van der Waals surface area contributed by atoms with Crippen molar-refractivity contribution in [2.75, 3.05) is 20.0 Å². The summed E-state index contributed by atoms with van der Waals surface area (Å²) in [5.74, 6) is 1.20. The van der Waals surface area contributed by atoms with Gasteiger partial charge in [-0.25, -0.2) is 0 Å². The number of halogens is 2. The first-order valence-corrected chi connectivity index (χ1v) is 7.26. The lowest BCUT2D eigenvalue weighted by Crippen LogP contribution is -1.95. The van der Waals surface area contributed by atoms with Gasteiger partial charge in [0.2, 0.25) is 0 Å². The maximum Gasteiger partial charge on any atom is 0.162 e. The second-order valence-electron chi connectivity index (χ2n) is 3.92. The molecule has 0 amide bonds. The van der Waals surface area contributed by atoms with Crippen molar-refractivity contribution in [3.63, 3.8) is 0 Å². The Balaban J connectivity index is 2.40. The zero-order chi connectivity index (χ0) is 14.7. The molecule has 0 atom stereocenters. The van der Waals surface area contributed by atoms with Crippen molar-refractivity contribution >= 4 is 40.7 Å². The summed E-state index contributed by atoms with van der Waals surface area (Å²) in [6, 6.07) is 8.83. The normalized spacial score (nSPS) is 10.4. The quantitative estimate of drug-likeness (QED) is 0.822. The summed E-state index contributed by atoms with van der Waals surface area (Å²) in [6.45, 7) is 0. The molecule has 3 nitrogen and oxygen atoms in total. The largest absolute Gasteiger partial charge is 0.493 e. The average Bonchev–Trinajstić information content (AvgIpc) is 2.44. The van der Waals surface area contributed by atoms with Crippen molar-refractivity contribution in [2.24, 2.45) is 0 Å². The lowest BCUT2D eigenvalue weighted by atomic mass is 10.3. The number of methoxy groups -OCH3 is 2. The van der Waals surface area contributed by atoms with E-state index in [4.69, 9.17) is 38.4 Å². The van der Waals surface area contributed by atoms with E-state index in [1.54, 1.807) is 38.5 Å². The molecule has 0 unspecified atom stereocenters. The Labute approximate surface area is 132 Å². The molecule has 0 heterocycles. The molecule has 2 aromatic carbocycles. The molecule has 2 rings (SSSR count). The lowest BCUT2D eigenvalue weighted by molar-refractivity contribution is 0.354. The van der Waals surface area contributed by atoms with Crippen LogP contribution < -0.4 is 15.2 Å². The molecule has 0 saturated carbocycles. The first kappa shape index (κ1) is 15.2. The van der Waals surface area contributed by atoms with Crippen LogP contribution in [0.4, 0.5) is 5.69 Å². The maximum absolute atomic E-state index is 6.15. The van der Waals surface area contributed by atoms with Gasteiger partial charge < -0.3 is 15.2 Å². The molecule has 0 bridgehead atoms. The molecule has 106 valence electrons. The number of hydrogen-bond acceptors (Lipinski definition) is 4. The van der Waals surface area contributed by atoms with Gasteiger partial charge in [-0.15, -0.1) is 0 Å². The zero-order valence-corrected chi connectivity index (χ0v) is 13.3. The molecule has 0 aliphatic carbocycles. The Morgan fingerprint density at radius 2 is 1.60 bits per heavy atom. The summed E-state index contributed by atoms with van der Waals surface area (Å²) >= 11 is 13.6. The lowest BCUT2D eigenvalue weighted by Gasteiger charge is -2.12. The van der Waals surface area contributed by atoms with Crippen molar-refractivity contribution in [2.45, 2.75) is 9.79 Å². The van der Waals surface area contributed by atoms with Gasteiger partial charge >= 0.3 is 0 Å². The first-order valence-electron chi connectivity index (χ1n) is 5.69. The number of rotatable bonds is 4. The highest BCUT2D eigenvalue weighted by molar-refractivity contribution is 7.99.